The van der Waals surface area contributed by atoms with Gasteiger partial charge in [-0.3, -0.25) is 0 Å². The Bertz CT molecular complexity index is 593. The number of halogens is 1. The summed E-state index contributed by atoms with van der Waals surface area (Å²) in [6.45, 7) is 9.20. The first kappa shape index (κ1) is 17.3. The van der Waals surface area contributed by atoms with Crippen molar-refractivity contribution in [2.24, 2.45) is 0 Å². The highest BCUT2D eigenvalue weighted by Gasteiger charge is 2.11. The molecule has 0 aliphatic heterocycles. The van der Waals surface area contributed by atoms with Gasteiger partial charge in [-0.15, -0.1) is 0 Å². The molecule has 2 unspecified atom stereocenters. The van der Waals surface area contributed by atoms with Gasteiger partial charge in [-0.25, -0.2) is 0 Å². The first-order valence-electron chi connectivity index (χ1n) is 8.42. The van der Waals surface area contributed by atoms with Crippen molar-refractivity contribution < 1.29 is 0 Å². The molecule has 0 nitrogen and oxygen atoms in total. The monoisotopic (exact) mass is 330 g/mol. The van der Waals surface area contributed by atoms with E-state index in [1.165, 1.54) is 34.3 Å². The molecule has 2 aromatic rings. The highest BCUT2D eigenvalue weighted by Crippen LogP contribution is 2.24. The molecule has 0 aliphatic carbocycles. The number of benzene rings is 2. The first-order valence-corrected chi connectivity index (χ1v) is 10.2. The van der Waals surface area contributed by atoms with E-state index in [0.717, 1.165) is 5.02 Å². The fourth-order valence-corrected chi connectivity index (χ4v) is 4.74. The minimum Gasteiger partial charge on any atom is -0.0845 e. The fraction of sp³-hybridized carbons (Fsp3) is 0.400. The molecule has 0 fully saturated rings. The van der Waals surface area contributed by atoms with Crippen LogP contribution in [0.3, 0.4) is 0 Å². The molecule has 0 aromatic heterocycles. The summed E-state index contributed by atoms with van der Waals surface area (Å²) < 4.78 is 0. The molecule has 2 heteroatoms. The molecule has 118 valence electrons. The summed E-state index contributed by atoms with van der Waals surface area (Å²) in [5.74, 6) is 1.26. The second-order valence-electron chi connectivity index (χ2n) is 6.39. The summed E-state index contributed by atoms with van der Waals surface area (Å²) in [4.78, 5) is 0. The normalized spacial score (nSPS) is 14.4. The van der Waals surface area contributed by atoms with E-state index in [4.69, 9.17) is 11.6 Å². The van der Waals surface area contributed by atoms with Crippen LogP contribution in [-0.2, 0) is 0 Å². The lowest BCUT2D eigenvalue weighted by atomic mass is 9.92. The van der Waals surface area contributed by atoms with Gasteiger partial charge in [0.05, 0.1) is 9.52 Å². The van der Waals surface area contributed by atoms with E-state index in [9.17, 15) is 0 Å². The predicted octanol–water partition coefficient (Wildman–Crippen LogP) is 4.49. The molecule has 0 radical (unpaired) electrons. The minimum absolute atomic E-state index is 0.517. The summed E-state index contributed by atoms with van der Waals surface area (Å²) in [5.41, 5.74) is 2.99. The smallest absolute Gasteiger partial charge is 0.0845 e. The third kappa shape index (κ3) is 4.24. The van der Waals surface area contributed by atoms with Crippen LogP contribution < -0.4 is 10.4 Å². The molecule has 0 bridgehead atoms. The molecular formula is C20H27ClSi. The lowest BCUT2D eigenvalue weighted by Crippen LogP contribution is -2.29. The zero-order valence-electron chi connectivity index (χ0n) is 14.2. The molecule has 0 saturated heterocycles. The summed E-state index contributed by atoms with van der Waals surface area (Å²) in [6, 6.07) is 15.6. The van der Waals surface area contributed by atoms with Crippen molar-refractivity contribution in [3.8, 4) is 0 Å². The molecule has 22 heavy (non-hydrogen) atoms. The lowest BCUT2D eigenvalue weighted by Gasteiger charge is -2.17. The predicted molar refractivity (Wildman–Crippen MR) is 103 cm³/mol. The Morgan fingerprint density at radius 3 is 1.95 bits per heavy atom. The first-order chi connectivity index (χ1) is 10.5. The summed E-state index contributed by atoms with van der Waals surface area (Å²) in [7, 11) is -0.517. The Morgan fingerprint density at radius 1 is 0.909 bits per heavy atom. The molecule has 2 rings (SSSR count). The quantitative estimate of drug-likeness (QED) is 0.685. The van der Waals surface area contributed by atoms with E-state index < -0.39 is 9.52 Å². The average Bonchev–Trinajstić information content (AvgIpc) is 2.55. The van der Waals surface area contributed by atoms with Crippen molar-refractivity contribution in [2.45, 2.75) is 52.4 Å². The van der Waals surface area contributed by atoms with Crippen LogP contribution in [0, 0.1) is 0 Å². The van der Waals surface area contributed by atoms with Crippen molar-refractivity contribution in [3.05, 3.63) is 58.6 Å². The van der Waals surface area contributed by atoms with Gasteiger partial charge in [0.1, 0.15) is 0 Å². The molecule has 2 atom stereocenters. The van der Waals surface area contributed by atoms with Crippen molar-refractivity contribution in [1.82, 2.24) is 0 Å². The second-order valence-corrected chi connectivity index (χ2v) is 8.73. The van der Waals surface area contributed by atoms with Crippen LogP contribution in [0.4, 0.5) is 0 Å². The van der Waals surface area contributed by atoms with E-state index >= 15 is 0 Å². The Morgan fingerprint density at radius 2 is 1.45 bits per heavy atom. The molecule has 0 amide bonds. The van der Waals surface area contributed by atoms with Crippen LogP contribution in [0.15, 0.2) is 42.5 Å². The van der Waals surface area contributed by atoms with Gasteiger partial charge >= 0.3 is 0 Å². The standard InChI is InChI=1S/C20H27ClSi/c1-5-14(3)16-11-17(15(4)6-2)13-18(12-16)22-20-10-8-7-9-19(20)21/h7-15H,5-6,22H2,1-4H3. The van der Waals surface area contributed by atoms with E-state index in [1.807, 2.05) is 12.1 Å². The SMILES string of the molecule is CCC(C)c1cc([SiH2]c2ccccc2Cl)cc(C(C)CC)c1. The highest BCUT2D eigenvalue weighted by molar-refractivity contribution is 6.70. The molecule has 0 spiro atoms. The summed E-state index contributed by atoms with van der Waals surface area (Å²) >= 11 is 6.37. The minimum atomic E-state index is -0.517. The maximum atomic E-state index is 6.37. The van der Waals surface area contributed by atoms with E-state index in [2.05, 4.69) is 58.0 Å². The molecular weight excluding hydrogens is 304 g/mol. The number of hydrogen-bond donors (Lipinski definition) is 0. The van der Waals surface area contributed by atoms with Crippen LogP contribution in [0.5, 0.6) is 0 Å². The van der Waals surface area contributed by atoms with Gasteiger partial charge in [0.15, 0.2) is 0 Å². The Hall–Kier alpha value is -1.05. The third-order valence-corrected chi connectivity index (χ3v) is 7.16. The Balaban J connectivity index is 2.39. The number of rotatable bonds is 6. The molecule has 2 aromatic carbocycles. The largest absolute Gasteiger partial charge is 0.0894 e. The van der Waals surface area contributed by atoms with Crippen LogP contribution in [0.1, 0.15) is 63.5 Å². The van der Waals surface area contributed by atoms with Gasteiger partial charge in [0.25, 0.3) is 0 Å². The van der Waals surface area contributed by atoms with Gasteiger partial charge in [-0.05, 0) is 47.1 Å². The van der Waals surface area contributed by atoms with Gasteiger partial charge < -0.3 is 0 Å². The summed E-state index contributed by atoms with van der Waals surface area (Å²) in [6.07, 6.45) is 2.38. The van der Waals surface area contributed by atoms with Crippen molar-refractivity contribution >= 4 is 31.5 Å². The molecule has 0 aliphatic rings. The lowest BCUT2D eigenvalue weighted by molar-refractivity contribution is 0.712. The van der Waals surface area contributed by atoms with Crippen molar-refractivity contribution in [2.75, 3.05) is 0 Å². The van der Waals surface area contributed by atoms with Crippen LogP contribution >= 0.6 is 11.6 Å². The second kappa shape index (κ2) is 7.98. The van der Waals surface area contributed by atoms with E-state index in [0.29, 0.717) is 11.8 Å². The Labute approximate surface area is 142 Å². The van der Waals surface area contributed by atoms with Crippen LogP contribution in [0.25, 0.3) is 0 Å². The zero-order chi connectivity index (χ0) is 16.1. The Kier molecular flexibility index (Phi) is 6.28. The number of hydrogen-bond acceptors (Lipinski definition) is 0. The summed E-state index contributed by atoms with van der Waals surface area (Å²) in [5, 5.41) is 3.79. The topological polar surface area (TPSA) is 0 Å². The molecule has 0 heterocycles. The molecule has 0 saturated carbocycles. The van der Waals surface area contributed by atoms with Crippen molar-refractivity contribution in [1.29, 1.82) is 0 Å². The maximum absolute atomic E-state index is 6.37. The fourth-order valence-electron chi connectivity index (χ4n) is 2.75. The zero-order valence-corrected chi connectivity index (χ0v) is 16.4. The van der Waals surface area contributed by atoms with Crippen LogP contribution in [0.2, 0.25) is 5.02 Å². The van der Waals surface area contributed by atoms with Gasteiger partial charge in [0, 0.05) is 5.02 Å². The van der Waals surface area contributed by atoms with Gasteiger partial charge in [-0.2, -0.15) is 0 Å². The maximum Gasteiger partial charge on any atom is 0.0894 e. The van der Waals surface area contributed by atoms with Gasteiger partial charge in [-0.1, -0.05) is 80.9 Å². The third-order valence-electron chi connectivity index (χ3n) is 4.75. The van der Waals surface area contributed by atoms with Gasteiger partial charge in [0.2, 0.25) is 0 Å². The van der Waals surface area contributed by atoms with Crippen LogP contribution in [-0.4, -0.2) is 9.52 Å². The van der Waals surface area contributed by atoms with E-state index in [1.54, 1.807) is 0 Å². The van der Waals surface area contributed by atoms with Crippen molar-refractivity contribution in [3.63, 3.8) is 0 Å². The van der Waals surface area contributed by atoms with E-state index in [-0.39, 0.29) is 0 Å². The average molecular weight is 331 g/mol. The molecule has 0 N–H and O–H groups in total. The highest BCUT2D eigenvalue weighted by atomic mass is 35.5.